The SMILES string of the molecule is CNC(CC(C)(C)OC)c1cc(F)ccc1Cl. The molecule has 0 bridgehead atoms. The van der Waals surface area contributed by atoms with Gasteiger partial charge in [0, 0.05) is 18.2 Å². The van der Waals surface area contributed by atoms with Crippen molar-refractivity contribution >= 4 is 11.6 Å². The van der Waals surface area contributed by atoms with Gasteiger partial charge in [-0.2, -0.15) is 0 Å². The van der Waals surface area contributed by atoms with E-state index in [9.17, 15) is 4.39 Å². The van der Waals surface area contributed by atoms with Gasteiger partial charge in [0.15, 0.2) is 0 Å². The Hall–Kier alpha value is -0.640. The van der Waals surface area contributed by atoms with Crippen LogP contribution in [0.2, 0.25) is 5.02 Å². The number of nitrogens with one attached hydrogen (secondary N) is 1. The summed E-state index contributed by atoms with van der Waals surface area (Å²) in [7, 11) is 3.50. The van der Waals surface area contributed by atoms with E-state index in [1.54, 1.807) is 13.2 Å². The van der Waals surface area contributed by atoms with Crippen LogP contribution in [-0.2, 0) is 4.74 Å². The Morgan fingerprint density at radius 1 is 1.47 bits per heavy atom. The van der Waals surface area contributed by atoms with E-state index in [1.807, 2.05) is 20.9 Å². The van der Waals surface area contributed by atoms with Crippen molar-refractivity contribution in [3.8, 4) is 0 Å². The zero-order valence-corrected chi connectivity index (χ0v) is 11.4. The highest BCUT2D eigenvalue weighted by Crippen LogP contribution is 2.30. The largest absolute Gasteiger partial charge is 0.379 e. The second-order valence-electron chi connectivity index (χ2n) is 4.68. The summed E-state index contributed by atoms with van der Waals surface area (Å²) in [4.78, 5) is 0. The molecule has 0 radical (unpaired) electrons. The van der Waals surface area contributed by atoms with E-state index in [2.05, 4.69) is 5.32 Å². The summed E-state index contributed by atoms with van der Waals surface area (Å²) in [5.41, 5.74) is 0.475. The summed E-state index contributed by atoms with van der Waals surface area (Å²) in [5, 5.41) is 3.71. The normalized spacial score (nSPS) is 13.8. The van der Waals surface area contributed by atoms with Gasteiger partial charge in [0.25, 0.3) is 0 Å². The maximum Gasteiger partial charge on any atom is 0.123 e. The van der Waals surface area contributed by atoms with Gasteiger partial charge in [0.1, 0.15) is 5.82 Å². The van der Waals surface area contributed by atoms with Gasteiger partial charge < -0.3 is 10.1 Å². The third-order valence-corrected chi connectivity index (χ3v) is 3.27. The topological polar surface area (TPSA) is 21.3 Å². The molecule has 0 spiro atoms. The van der Waals surface area contributed by atoms with Crippen LogP contribution in [0.3, 0.4) is 0 Å². The van der Waals surface area contributed by atoms with E-state index in [-0.39, 0.29) is 17.5 Å². The van der Waals surface area contributed by atoms with Gasteiger partial charge in [0.05, 0.1) is 5.60 Å². The molecule has 0 heterocycles. The Kier molecular flexibility index (Phi) is 4.92. The second kappa shape index (κ2) is 5.80. The average molecular weight is 260 g/mol. The van der Waals surface area contributed by atoms with Gasteiger partial charge >= 0.3 is 0 Å². The molecule has 0 aliphatic carbocycles. The average Bonchev–Trinajstić information content (AvgIpc) is 2.29. The highest BCUT2D eigenvalue weighted by atomic mass is 35.5. The maximum absolute atomic E-state index is 13.2. The number of ether oxygens (including phenoxy) is 1. The molecule has 0 aromatic heterocycles. The summed E-state index contributed by atoms with van der Waals surface area (Å²) in [6.45, 7) is 3.98. The first kappa shape index (κ1) is 14.4. The molecule has 96 valence electrons. The Labute approximate surface area is 107 Å². The van der Waals surface area contributed by atoms with Crippen LogP contribution in [0, 0.1) is 5.82 Å². The second-order valence-corrected chi connectivity index (χ2v) is 5.08. The smallest absolute Gasteiger partial charge is 0.123 e. The number of benzene rings is 1. The van der Waals surface area contributed by atoms with Crippen molar-refractivity contribution in [2.24, 2.45) is 0 Å². The third-order valence-electron chi connectivity index (χ3n) is 2.93. The zero-order valence-electron chi connectivity index (χ0n) is 10.7. The standard InChI is InChI=1S/C13H19ClFNO/c1-13(2,17-4)8-12(16-3)10-7-9(15)5-6-11(10)14/h5-7,12,16H,8H2,1-4H3. The highest BCUT2D eigenvalue weighted by molar-refractivity contribution is 6.31. The van der Waals surface area contributed by atoms with E-state index in [1.165, 1.54) is 12.1 Å². The molecule has 1 aromatic carbocycles. The molecule has 0 fully saturated rings. The molecule has 0 saturated carbocycles. The van der Waals surface area contributed by atoms with Gasteiger partial charge in [-0.15, -0.1) is 0 Å². The number of hydrogen-bond donors (Lipinski definition) is 1. The lowest BCUT2D eigenvalue weighted by Gasteiger charge is -2.29. The fourth-order valence-corrected chi connectivity index (χ4v) is 1.97. The summed E-state index contributed by atoms with van der Waals surface area (Å²) in [6.07, 6.45) is 0.711. The van der Waals surface area contributed by atoms with Gasteiger partial charge in [-0.25, -0.2) is 4.39 Å². The van der Waals surface area contributed by atoms with Crippen molar-refractivity contribution in [1.82, 2.24) is 5.32 Å². The van der Waals surface area contributed by atoms with Crippen molar-refractivity contribution < 1.29 is 9.13 Å². The fraction of sp³-hybridized carbons (Fsp3) is 0.538. The van der Waals surface area contributed by atoms with Crippen LogP contribution < -0.4 is 5.32 Å². The first-order valence-corrected chi connectivity index (χ1v) is 5.95. The van der Waals surface area contributed by atoms with Gasteiger partial charge in [0.2, 0.25) is 0 Å². The van der Waals surface area contributed by atoms with Crippen molar-refractivity contribution in [1.29, 1.82) is 0 Å². The molecule has 1 N–H and O–H groups in total. The van der Waals surface area contributed by atoms with Crippen LogP contribution in [-0.4, -0.2) is 19.8 Å². The van der Waals surface area contributed by atoms with Gasteiger partial charge in [-0.3, -0.25) is 0 Å². The fourth-order valence-electron chi connectivity index (χ4n) is 1.72. The van der Waals surface area contributed by atoms with Gasteiger partial charge in [-0.1, -0.05) is 11.6 Å². The van der Waals surface area contributed by atoms with E-state index in [0.29, 0.717) is 11.4 Å². The first-order valence-electron chi connectivity index (χ1n) is 5.57. The predicted octanol–water partition coefficient (Wildman–Crippen LogP) is 3.55. The first-order chi connectivity index (χ1) is 7.89. The predicted molar refractivity (Wildman–Crippen MR) is 68.9 cm³/mol. The van der Waals surface area contributed by atoms with Crippen LogP contribution in [0.4, 0.5) is 4.39 Å². The molecule has 0 saturated heterocycles. The Bertz CT molecular complexity index is 382. The number of hydrogen-bond acceptors (Lipinski definition) is 2. The lowest BCUT2D eigenvalue weighted by molar-refractivity contribution is 0.00743. The quantitative estimate of drug-likeness (QED) is 0.873. The molecule has 17 heavy (non-hydrogen) atoms. The van der Waals surface area contributed by atoms with E-state index < -0.39 is 0 Å². The van der Waals surface area contributed by atoms with E-state index in [0.717, 1.165) is 5.56 Å². The molecule has 2 nitrogen and oxygen atoms in total. The van der Waals surface area contributed by atoms with Crippen LogP contribution in [0.25, 0.3) is 0 Å². The molecule has 0 aliphatic rings. The molecule has 4 heteroatoms. The Balaban J connectivity index is 2.97. The number of methoxy groups -OCH3 is 1. The summed E-state index contributed by atoms with van der Waals surface area (Å²) in [6, 6.07) is 4.37. The summed E-state index contributed by atoms with van der Waals surface area (Å²) >= 11 is 6.09. The summed E-state index contributed by atoms with van der Waals surface area (Å²) in [5.74, 6) is -0.278. The molecule has 1 aromatic rings. The van der Waals surface area contributed by atoms with Crippen LogP contribution in [0.15, 0.2) is 18.2 Å². The minimum atomic E-state index is -0.288. The molecule has 1 unspecified atom stereocenters. The third kappa shape index (κ3) is 3.95. The van der Waals surface area contributed by atoms with Gasteiger partial charge in [-0.05, 0) is 51.1 Å². The molecular weight excluding hydrogens is 241 g/mol. The van der Waals surface area contributed by atoms with Crippen molar-refractivity contribution in [2.45, 2.75) is 31.9 Å². The molecule has 1 rings (SSSR count). The zero-order chi connectivity index (χ0) is 13.1. The van der Waals surface area contributed by atoms with Crippen LogP contribution in [0.1, 0.15) is 31.9 Å². The van der Waals surface area contributed by atoms with Crippen molar-refractivity contribution in [2.75, 3.05) is 14.2 Å². The lowest BCUT2D eigenvalue weighted by atomic mass is 9.93. The Morgan fingerprint density at radius 2 is 2.12 bits per heavy atom. The molecule has 0 amide bonds. The minimum absolute atomic E-state index is 0.0341. The minimum Gasteiger partial charge on any atom is -0.379 e. The number of halogens is 2. The molecular formula is C13H19ClFNO. The Morgan fingerprint density at radius 3 is 2.65 bits per heavy atom. The van der Waals surface area contributed by atoms with Crippen LogP contribution in [0.5, 0.6) is 0 Å². The highest BCUT2D eigenvalue weighted by Gasteiger charge is 2.24. The van der Waals surface area contributed by atoms with E-state index in [4.69, 9.17) is 16.3 Å². The maximum atomic E-state index is 13.2. The van der Waals surface area contributed by atoms with Crippen molar-refractivity contribution in [3.05, 3.63) is 34.6 Å². The lowest BCUT2D eigenvalue weighted by Crippen LogP contribution is -2.30. The summed E-state index contributed by atoms with van der Waals surface area (Å²) < 4.78 is 18.6. The molecule has 0 aliphatic heterocycles. The monoisotopic (exact) mass is 259 g/mol. The van der Waals surface area contributed by atoms with Crippen LogP contribution >= 0.6 is 11.6 Å². The van der Waals surface area contributed by atoms with E-state index >= 15 is 0 Å². The molecule has 1 atom stereocenters. The number of rotatable bonds is 5. The van der Waals surface area contributed by atoms with Crippen molar-refractivity contribution in [3.63, 3.8) is 0 Å².